The first-order chi connectivity index (χ1) is 13.2. The van der Waals surface area contributed by atoms with Crippen LogP contribution in [0.4, 0.5) is 14.5 Å². The first-order valence-corrected chi connectivity index (χ1v) is 10.6. The highest BCUT2D eigenvalue weighted by atomic mass is 35.5. The highest BCUT2D eigenvalue weighted by molar-refractivity contribution is 7.89. The molecule has 1 N–H and O–H groups in total. The van der Waals surface area contributed by atoms with Crippen LogP contribution in [0, 0.1) is 17.6 Å². The number of nitrogens with zero attached hydrogens (tertiary/aromatic N) is 1. The standard InChI is InChI=1S/C19H19ClF2N2O3S/c1-12-3-2-8-24(11-12)28(26,27)14-6-4-13(5-7-14)23-19(25)15-9-17(21)18(22)10-16(15)20/h4-7,9-10,12H,2-3,8,11H2,1H3,(H,23,25). The van der Waals surface area contributed by atoms with E-state index < -0.39 is 27.6 Å². The Morgan fingerprint density at radius 2 is 1.82 bits per heavy atom. The second kappa shape index (κ2) is 8.14. The number of carbonyl (C=O) groups is 1. The number of nitrogens with one attached hydrogen (secondary N) is 1. The fourth-order valence-electron chi connectivity index (χ4n) is 3.12. The van der Waals surface area contributed by atoms with Crippen LogP contribution >= 0.6 is 11.6 Å². The second-order valence-electron chi connectivity index (χ2n) is 6.84. The summed E-state index contributed by atoms with van der Waals surface area (Å²) in [6, 6.07) is 7.11. The summed E-state index contributed by atoms with van der Waals surface area (Å²) in [5, 5.41) is 2.26. The number of halogens is 3. The summed E-state index contributed by atoms with van der Waals surface area (Å²) in [4.78, 5) is 12.4. The predicted molar refractivity (Wildman–Crippen MR) is 103 cm³/mol. The summed E-state index contributed by atoms with van der Waals surface area (Å²) in [6.45, 7) is 2.99. The third-order valence-electron chi connectivity index (χ3n) is 4.62. The number of anilines is 1. The molecule has 9 heteroatoms. The SMILES string of the molecule is CC1CCCN(S(=O)(=O)c2ccc(NC(=O)c3cc(F)c(F)cc3Cl)cc2)C1. The minimum Gasteiger partial charge on any atom is -0.322 e. The molecule has 0 bridgehead atoms. The first-order valence-electron chi connectivity index (χ1n) is 8.74. The van der Waals surface area contributed by atoms with E-state index in [0.717, 1.165) is 18.9 Å². The molecule has 2 aromatic carbocycles. The first kappa shape index (κ1) is 20.7. The minimum atomic E-state index is -3.60. The fraction of sp³-hybridized carbons (Fsp3) is 0.316. The number of sulfonamides is 1. The number of hydrogen-bond donors (Lipinski definition) is 1. The summed E-state index contributed by atoms with van der Waals surface area (Å²) in [7, 11) is -3.60. The number of hydrogen-bond acceptors (Lipinski definition) is 3. The van der Waals surface area contributed by atoms with Gasteiger partial charge in [0, 0.05) is 18.8 Å². The summed E-state index contributed by atoms with van der Waals surface area (Å²) in [5.41, 5.74) is 0.0799. The Morgan fingerprint density at radius 1 is 1.18 bits per heavy atom. The molecular weight excluding hydrogens is 410 g/mol. The molecule has 5 nitrogen and oxygen atoms in total. The van der Waals surface area contributed by atoms with Crippen LogP contribution in [0.5, 0.6) is 0 Å². The van der Waals surface area contributed by atoms with Crippen LogP contribution in [-0.4, -0.2) is 31.7 Å². The molecule has 1 amide bonds. The van der Waals surface area contributed by atoms with E-state index in [9.17, 15) is 22.0 Å². The van der Waals surface area contributed by atoms with E-state index >= 15 is 0 Å². The molecule has 0 saturated carbocycles. The zero-order valence-corrected chi connectivity index (χ0v) is 16.7. The summed E-state index contributed by atoms with van der Waals surface area (Å²) >= 11 is 5.79. The third kappa shape index (κ3) is 4.34. The van der Waals surface area contributed by atoms with Crippen molar-refractivity contribution < 1.29 is 22.0 Å². The van der Waals surface area contributed by atoms with E-state index in [1.54, 1.807) is 0 Å². The second-order valence-corrected chi connectivity index (χ2v) is 9.18. The number of piperidine rings is 1. The normalized spacial score (nSPS) is 18.1. The quantitative estimate of drug-likeness (QED) is 0.739. The van der Waals surface area contributed by atoms with Crippen LogP contribution in [0.25, 0.3) is 0 Å². The van der Waals surface area contributed by atoms with Crippen LogP contribution in [0.2, 0.25) is 5.02 Å². The van der Waals surface area contributed by atoms with E-state index in [-0.39, 0.29) is 15.5 Å². The van der Waals surface area contributed by atoms with E-state index in [0.29, 0.717) is 30.8 Å². The molecule has 1 unspecified atom stereocenters. The number of rotatable bonds is 4. The van der Waals surface area contributed by atoms with Gasteiger partial charge in [0.25, 0.3) is 5.91 Å². The molecule has 1 atom stereocenters. The highest BCUT2D eigenvalue weighted by Crippen LogP contribution is 2.25. The molecule has 0 spiro atoms. The lowest BCUT2D eigenvalue weighted by atomic mass is 10.0. The van der Waals surface area contributed by atoms with E-state index in [1.807, 2.05) is 6.92 Å². The van der Waals surface area contributed by atoms with Gasteiger partial charge in [0.05, 0.1) is 15.5 Å². The van der Waals surface area contributed by atoms with Crippen molar-refractivity contribution in [2.45, 2.75) is 24.7 Å². The number of amides is 1. The average molecular weight is 429 g/mol. The lowest BCUT2D eigenvalue weighted by molar-refractivity contribution is 0.102. The molecule has 3 rings (SSSR count). The molecule has 0 radical (unpaired) electrons. The smallest absolute Gasteiger partial charge is 0.257 e. The van der Waals surface area contributed by atoms with Crippen LogP contribution in [0.15, 0.2) is 41.3 Å². The van der Waals surface area contributed by atoms with Gasteiger partial charge in [-0.1, -0.05) is 18.5 Å². The van der Waals surface area contributed by atoms with E-state index in [2.05, 4.69) is 5.32 Å². The highest BCUT2D eigenvalue weighted by Gasteiger charge is 2.28. The van der Waals surface area contributed by atoms with Gasteiger partial charge in [-0.15, -0.1) is 0 Å². The Labute approximate surface area is 167 Å². The van der Waals surface area contributed by atoms with E-state index in [4.69, 9.17) is 11.6 Å². The predicted octanol–water partition coefficient (Wildman–Crippen LogP) is 4.29. The van der Waals surface area contributed by atoms with Gasteiger partial charge in [0.15, 0.2) is 11.6 Å². The lowest BCUT2D eigenvalue weighted by Gasteiger charge is -2.30. The van der Waals surface area contributed by atoms with Crippen LogP contribution < -0.4 is 5.32 Å². The maximum absolute atomic E-state index is 13.4. The Kier molecular flexibility index (Phi) is 6.02. The van der Waals surface area contributed by atoms with Gasteiger partial charge in [-0.25, -0.2) is 17.2 Å². The summed E-state index contributed by atoms with van der Waals surface area (Å²) in [5.74, 6) is -2.76. The van der Waals surface area contributed by atoms with Crippen molar-refractivity contribution in [2.24, 2.45) is 5.92 Å². The van der Waals surface area contributed by atoms with Crippen LogP contribution in [0.3, 0.4) is 0 Å². The van der Waals surface area contributed by atoms with Gasteiger partial charge < -0.3 is 5.32 Å². The fourth-order valence-corrected chi connectivity index (χ4v) is 4.95. The van der Waals surface area contributed by atoms with Gasteiger partial charge in [-0.3, -0.25) is 4.79 Å². The molecule has 1 saturated heterocycles. The third-order valence-corrected chi connectivity index (χ3v) is 6.82. The molecule has 0 aliphatic carbocycles. The van der Waals surface area contributed by atoms with Gasteiger partial charge in [-0.05, 0) is 55.2 Å². The van der Waals surface area contributed by atoms with Crippen molar-refractivity contribution in [3.8, 4) is 0 Å². The number of carbonyl (C=O) groups excluding carboxylic acids is 1. The van der Waals surface area contributed by atoms with Crippen molar-refractivity contribution >= 4 is 33.2 Å². The molecule has 0 aromatic heterocycles. The van der Waals surface area contributed by atoms with Crippen LogP contribution in [-0.2, 0) is 10.0 Å². The number of benzene rings is 2. The van der Waals surface area contributed by atoms with Crippen LogP contribution in [0.1, 0.15) is 30.1 Å². The zero-order chi connectivity index (χ0) is 20.5. The van der Waals surface area contributed by atoms with Crippen molar-refractivity contribution in [3.63, 3.8) is 0 Å². The molecule has 28 heavy (non-hydrogen) atoms. The zero-order valence-electron chi connectivity index (χ0n) is 15.1. The molecule has 1 fully saturated rings. The van der Waals surface area contributed by atoms with Crippen molar-refractivity contribution in [2.75, 3.05) is 18.4 Å². The molecular formula is C19H19ClF2N2O3S. The largest absolute Gasteiger partial charge is 0.322 e. The van der Waals surface area contributed by atoms with Crippen molar-refractivity contribution in [1.82, 2.24) is 4.31 Å². The summed E-state index contributed by atoms with van der Waals surface area (Å²) in [6.07, 6.45) is 1.83. The van der Waals surface area contributed by atoms with Gasteiger partial charge in [0.1, 0.15) is 0 Å². The topological polar surface area (TPSA) is 66.5 Å². The van der Waals surface area contributed by atoms with Gasteiger partial charge in [-0.2, -0.15) is 4.31 Å². The van der Waals surface area contributed by atoms with Gasteiger partial charge >= 0.3 is 0 Å². The Hall–Kier alpha value is -2.03. The van der Waals surface area contributed by atoms with Crippen molar-refractivity contribution in [3.05, 3.63) is 58.6 Å². The molecule has 150 valence electrons. The van der Waals surface area contributed by atoms with Crippen molar-refractivity contribution in [1.29, 1.82) is 0 Å². The Morgan fingerprint density at radius 3 is 2.46 bits per heavy atom. The lowest BCUT2D eigenvalue weighted by Crippen LogP contribution is -2.39. The molecule has 1 heterocycles. The summed E-state index contributed by atoms with van der Waals surface area (Å²) < 4.78 is 53.5. The average Bonchev–Trinajstić information content (AvgIpc) is 2.65. The minimum absolute atomic E-state index is 0.130. The Balaban J connectivity index is 1.76. The Bertz CT molecular complexity index is 997. The van der Waals surface area contributed by atoms with E-state index in [1.165, 1.54) is 28.6 Å². The maximum atomic E-state index is 13.4. The molecule has 2 aromatic rings. The monoisotopic (exact) mass is 428 g/mol. The maximum Gasteiger partial charge on any atom is 0.257 e. The molecule has 1 aliphatic heterocycles. The molecule has 1 aliphatic rings. The van der Waals surface area contributed by atoms with Gasteiger partial charge in [0.2, 0.25) is 10.0 Å².